The van der Waals surface area contributed by atoms with E-state index < -0.39 is 0 Å². The molecule has 0 unspecified atom stereocenters. The van der Waals surface area contributed by atoms with E-state index in [2.05, 4.69) is 58.4 Å². The van der Waals surface area contributed by atoms with Crippen LogP contribution in [0.1, 0.15) is 69.0 Å². The van der Waals surface area contributed by atoms with E-state index in [-0.39, 0.29) is 11.1 Å². The minimum atomic E-state index is 0.202. The molecule has 2 nitrogen and oxygen atoms in total. The minimum Gasteiger partial charge on any atom is -0.296 e. The molecule has 1 aliphatic heterocycles. The van der Waals surface area contributed by atoms with Crippen molar-refractivity contribution < 1.29 is 0 Å². The number of likely N-dealkylation sites (tertiary alicyclic amines) is 1. The van der Waals surface area contributed by atoms with Gasteiger partial charge in [-0.3, -0.25) is 4.90 Å². The highest BCUT2D eigenvalue weighted by Gasteiger charge is 2.44. The average Bonchev–Trinajstić information content (AvgIpc) is 2.79. The topological polar surface area (TPSA) is 16.1 Å². The van der Waals surface area contributed by atoms with Crippen LogP contribution in [-0.2, 0) is 0 Å². The predicted octanol–water partition coefficient (Wildman–Crippen LogP) is 5.19. The van der Waals surface area contributed by atoms with Crippen molar-refractivity contribution in [3.63, 3.8) is 0 Å². The van der Waals surface area contributed by atoms with Crippen LogP contribution in [0.3, 0.4) is 0 Å². The van der Waals surface area contributed by atoms with Gasteiger partial charge in [-0.05, 0) is 66.7 Å². The summed E-state index contributed by atoms with van der Waals surface area (Å²) in [6, 6.07) is 0. The van der Waals surface area contributed by atoms with E-state index in [1.165, 1.54) is 9.88 Å². The van der Waals surface area contributed by atoms with E-state index in [1.54, 1.807) is 0 Å². The maximum Gasteiger partial charge on any atom is 0.0970 e. The van der Waals surface area contributed by atoms with E-state index in [1.807, 2.05) is 24.3 Å². The second-order valence-corrected chi connectivity index (χ2v) is 8.36. The van der Waals surface area contributed by atoms with E-state index in [9.17, 15) is 0 Å². The van der Waals surface area contributed by atoms with Crippen molar-refractivity contribution in [3.8, 4) is 0 Å². The summed E-state index contributed by atoms with van der Waals surface area (Å²) in [5, 5.41) is 1.27. The molecule has 0 atom stereocenters. The van der Waals surface area contributed by atoms with Crippen LogP contribution in [0.4, 0.5) is 0 Å². The number of hydrogen-bond acceptors (Lipinski definition) is 3. The van der Waals surface area contributed by atoms with E-state index >= 15 is 0 Å². The molecular weight excluding hydrogens is 276 g/mol. The van der Waals surface area contributed by atoms with Crippen molar-refractivity contribution in [2.45, 2.75) is 64.5 Å². The van der Waals surface area contributed by atoms with Crippen molar-refractivity contribution in [3.05, 3.63) is 28.2 Å². The first-order chi connectivity index (χ1) is 9.71. The van der Waals surface area contributed by atoms with Crippen LogP contribution in [0.15, 0.2) is 12.7 Å². The first-order valence-corrected chi connectivity index (χ1v) is 8.52. The molecule has 0 spiro atoms. The summed E-state index contributed by atoms with van der Waals surface area (Å²) in [4.78, 5) is 8.61. The minimum absolute atomic E-state index is 0.202. The smallest absolute Gasteiger partial charge is 0.0970 e. The fraction of sp³-hybridized carbons (Fsp3) is 0.611. The molecule has 1 saturated heterocycles. The Morgan fingerprint density at radius 2 is 1.81 bits per heavy atom. The second kappa shape index (κ2) is 5.69. The van der Waals surface area contributed by atoms with Crippen molar-refractivity contribution in [1.29, 1.82) is 0 Å². The lowest BCUT2D eigenvalue weighted by molar-refractivity contribution is -0.0128. The van der Waals surface area contributed by atoms with Crippen LogP contribution in [-0.4, -0.2) is 28.0 Å². The summed E-state index contributed by atoms with van der Waals surface area (Å²) >= 11 is 1.83. The van der Waals surface area contributed by atoms with Crippen LogP contribution < -0.4 is 0 Å². The fourth-order valence-electron chi connectivity index (χ4n) is 3.50. The van der Waals surface area contributed by atoms with Gasteiger partial charge in [0, 0.05) is 17.0 Å². The largest absolute Gasteiger partial charge is 0.296 e. The lowest BCUT2D eigenvalue weighted by Gasteiger charge is -2.53. The number of hydrogen-bond donors (Lipinski definition) is 0. The Bertz CT molecular complexity index is 534. The van der Waals surface area contributed by atoms with E-state index in [0.29, 0.717) is 5.92 Å². The van der Waals surface area contributed by atoms with E-state index in [0.717, 1.165) is 18.5 Å². The summed E-state index contributed by atoms with van der Waals surface area (Å²) in [6.07, 6.45) is 8.41. The summed E-state index contributed by atoms with van der Waals surface area (Å²) < 4.78 is 0. The van der Waals surface area contributed by atoms with Crippen LogP contribution >= 0.6 is 11.3 Å². The number of aromatic nitrogens is 1. The van der Waals surface area contributed by atoms with Crippen molar-refractivity contribution in [2.75, 3.05) is 7.05 Å². The zero-order chi connectivity index (χ0) is 15.8. The molecule has 0 amide bonds. The summed E-state index contributed by atoms with van der Waals surface area (Å²) in [7, 11) is 2.25. The van der Waals surface area contributed by atoms with Crippen molar-refractivity contribution in [2.24, 2.45) is 0 Å². The molecule has 21 heavy (non-hydrogen) atoms. The highest BCUT2D eigenvalue weighted by atomic mass is 32.1. The maximum absolute atomic E-state index is 4.86. The van der Waals surface area contributed by atoms with Gasteiger partial charge in [0.15, 0.2) is 0 Å². The van der Waals surface area contributed by atoms with Gasteiger partial charge in [0.1, 0.15) is 0 Å². The van der Waals surface area contributed by atoms with Crippen LogP contribution in [0, 0.1) is 0 Å². The molecule has 0 bridgehead atoms. The number of allylic oxidation sites excluding steroid dienone is 1. The summed E-state index contributed by atoms with van der Waals surface area (Å²) in [5.74, 6) is 0.536. The van der Waals surface area contributed by atoms with Gasteiger partial charge in [-0.1, -0.05) is 12.7 Å². The molecule has 2 rings (SSSR count). The number of thiazole rings is 1. The van der Waals surface area contributed by atoms with Crippen LogP contribution in [0.5, 0.6) is 0 Å². The van der Waals surface area contributed by atoms with E-state index in [4.69, 9.17) is 4.98 Å². The monoisotopic (exact) mass is 304 g/mol. The van der Waals surface area contributed by atoms with Gasteiger partial charge in [-0.2, -0.15) is 0 Å². The fourth-order valence-corrected chi connectivity index (χ4v) is 4.64. The molecule has 1 aromatic rings. The molecule has 0 radical (unpaired) electrons. The summed E-state index contributed by atoms with van der Waals surface area (Å²) in [5.41, 5.74) is 1.43. The number of nitrogens with zero attached hydrogens (tertiary/aromatic N) is 2. The molecule has 1 aliphatic rings. The highest BCUT2D eigenvalue weighted by Crippen LogP contribution is 2.45. The molecular formula is C18H28N2S. The third kappa shape index (κ3) is 3.14. The third-order valence-corrected chi connectivity index (χ3v) is 6.06. The molecule has 0 saturated carbocycles. The predicted molar refractivity (Wildman–Crippen MR) is 94.8 cm³/mol. The molecule has 3 heteroatoms. The van der Waals surface area contributed by atoms with Gasteiger partial charge < -0.3 is 0 Å². The normalized spacial score (nSPS) is 22.8. The van der Waals surface area contributed by atoms with Gasteiger partial charge in [0.2, 0.25) is 0 Å². The van der Waals surface area contributed by atoms with Gasteiger partial charge in [-0.25, -0.2) is 4.98 Å². The van der Waals surface area contributed by atoms with Crippen LogP contribution in [0.25, 0.3) is 12.2 Å². The zero-order valence-corrected chi connectivity index (χ0v) is 15.0. The molecule has 1 aromatic heterocycles. The Labute approximate surface area is 133 Å². The molecule has 2 heterocycles. The first-order valence-electron chi connectivity index (χ1n) is 7.71. The lowest BCUT2D eigenvalue weighted by Crippen LogP contribution is -2.58. The Morgan fingerprint density at radius 3 is 2.29 bits per heavy atom. The van der Waals surface area contributed by atoms with Crippen LogP contribution in [0.2, 0.25) is 0 Å². The number of piperidine rings is 1. The Hall–Kier alpha value is -0.930. The third-order valence-electron chi connectivity index (χ3n) is 4.87. The highest BCUT2D eigenvalue weighted by molar-refractivity contribution is 7.12. The average molecular weight is 305 g/mol. The Kier molecular flexibility index (Phi) is 4.46. The standard InChI is InChI=1S/C18H28N2S/c1-8-10-15-14(9-2)19-16(21-15)13-11-17(3,4)20(7)18(5,6)12-13/h8-10,13H,2,11-12H2,1,3-7H3/b10-8-. The van der Waals surface area contributed by atoms with Crippen molar-refractivity contribution >= 4 is 23.5 Å². The summed E-state index contributed by atoms with van der Waals surface area (Å²) in [6.45, 7) is 15.3. The second-order valence-electron chi connectivity index (χ2n) is 7.29. The van der Waals surface area contributed by atoms with Crippen molar-refractivity contribution in [1.82, 2.24) is 9.88 Å². The maximum atomic E-state index is 4.86. The molecule has 116 valence electrons. The molecule has 0 aromatic carbocycles. The molecule has 0 N–H and O–H groups in total. The quantitative estimate of drug-likeness (QED) is 0.764. The zero-order valence-electron chi connectivity index (χ0n) is 14.2. The Morgan fingerprint density at radius 1 is 1.24 bits per heavy atom. The van der Waals surface area contributed by atoms with Gasteiger partial charge >= 0.3 is 0 Å². The number of rotatable bonds is 3. The first kappa shape index (κ1) is 16.4. The van der Waals surface area contributed by atoms with Gasteiger partial charge in [0.25, 0.3) is 0 Å². The SMILES string of the molecule is C=Cc1nc(C2CC(C)(C)N(C)C(C)(C)C2)sc1/C=C\C. The van der Waals surface area contributed by atoms with Gasteiger partial charge in [-0.15, -0.1) is 11.3 Å². The molecule has 1 fully saturated rings. The van der Waals surface area contributed by atoms with Gasteiger partial charge in [0.05, 0.1) is 15.6 Å². The molecule has 0 aliphatic carbocycles. The lowest BCUT2D eigenvalue weighted by atomic mass is 9.74. The Balaban J connectivity index is 2.36.